The van der Waals surface area contributed by atoms with E-state index < -0.39 is 5.79 Å². The average molecular weight is 332 g/mol. The molecule has 0 unspecified atom stereocenters. The van der Waals surface area contributed by atoms with Crippen molar-refractivity contribution >= 4 is 11.7 Å². The van der Waals surface area contributed by atoms with Crippen LogP contribution in [0.15, 0.2) is 12.4 Å². The highest BCUT2D eigenvalue weighted by Gasteiger charge is 2.41. The summed E-state index contributed by atoms with van der Waals surface area (Å²) in [4.78, 5) is 25.4. The number of amides is 1. The van der Waals surface area contributed by atoms with Crippen molar-refractivity contribution in [3.05, 3.63) is 18.1 Å². The standard InChI is InChI=1S/C17H24N4O3/c22-16(21-8-4-17(5-9-21)23-10-11-24-17)14-12-15(19-13-18-14)20-6-2-1-3-7-20/h12-13H,1-11H2. The minimum absolute atomic E-state index is 0.0245. The van der Waals surface area contributed by atoms with E-state index in [1.54, 1.807) is 0 Å². The van der Waals surface area contributed by atoms with Gasteiger partial charge < -0.3 is 19.3 Å². The molecule has 3 saturated heterocycles. The van der Waals surface area contributed by atoms with Crippen LogP contribution in [-0.2, 0) is 9.47 Å². The van der Waals surface area contributed by atoms with Gasteiger partial charge in [-0.05, 0) is 19.3 Å². The van der Waals surface area contributed by atoms with Gasteiger partial charge in [-0.3, -0.25) is 4.79 Å². The summed E-state index contributed by atoms with van der Waals surface area (Å²) in [5.41, 5.74) is 0.481. The molecule has 0 radical (unpaired) electrons. The zero-order chi connectivity index (χ0) is 16.4. The number of carbonyl (C=O) groups is 1. The molecule has 7 nitrogen and oxygen atoms in total. The summed E-state index contributed by atoms with van der Waals surface area (Å²) in [6, 6.07) is 1.83. The topological polar surface area (TPSA) is 67.8 Å². The van der Waals surface area contributed by atoms with Crippen LogP contribution in [0.5, 0.6) is 0 Å². The average Bonchev–Trinajstić information content (AvgIpc) is 3.11. The minimum atomic E-state index is -0.457. The van der Waals surface area contributed by atoms with Crippen LogP contribution >= 0.6 is 0 Å². The number of carbonyl (C=O) groups excluding carboxylic acids is 1. The van der Waals surface area contributed by atoms with Gasteiger partial charge in [-0.2, -0.15) is 0 Å². The highest BCUT2D eigenvalue weighted by molar-refractivity contribution is 5.93. The molecule has 4 heterocycles. The van der Waals surface area contributed by atoms with Gasteiger partial charge in [0.2, 0.25) is 0 Å². The van der Waals surface area contributed by atoms with Crippen molar-refractivity contribution in [3.8, 4) is 0 Å². The van der Waals surface area contributed by atoms with Crippen LogP contribution < -0.4 is 4.90 Å². The fourth-order valence-corrected chi connectivity index (χ4v) is 3.76. The number of likely N-dealkylation sites (tertiary alicyclic amines) is 1. The van der Waals surface area contributed by atoms with Crippen LogP contribution in [0.25, 0.3) is 0 Å². The summed E-state index contributed by atoms with van der Waals surface area (Å²) in [5.74, 6) is 0.383. The van der Waals surface area contributed by atoms with Crippen molar-refractivity contribution in [1.29, 1.82) is 0 Å². The molecule has 0 aromatic carbocycles. The van der Waals surface area contributed by atoms with Crippen LogP contribution in [0.4, 0.5) is 5.82 Å². The van der Waals surface area contributed by atoms with Gasteiger partial charge in [0.05, 0.1) is 13.2 Å². The lowest BCUT2D eigenvalue weighted by Crippen LogP contribution is -2.47. The second kappa shape index (κ2) is 6.64. The van der Waals surface area contributed by atoms with Gasteiger partial charge >= 0.3 is 0 Å². The number of piperidine rings is 2. The fraction of sp³-hybridized carbons (Fsp3) is 0.706. The Morgan fingerprint density at radius 3 is 2.42 bits per heavy atom. The maximum Gasteiger partial charge on any atom is 0.272 e. The predicted octanol–water partition coefficient (Wildman–Crippen LogP) is 1.45. The molecular weight excluding hydrogens is 308 g/mol. The predicted molar refractivity (Wildman–Crippen MR) is 87.9 cm³/mol. The van der Waals surface area contributed by atoms with E-state index in [9.17, 15) is 4.79 Å². The molecular formula is C17H24N4O3. The van der Waals surface area contributed by atoms with Crippen molar-refractivity contribution in [2.24, 2.45) is 0 Å². The molecule has 3 aliphatic rings. The van der Waals surface area contributed by atoms with E-state index in [2.05, 4.69) is 14.9 Å². The third-order valence-corrected chi connectivity index (χ3v) is 5.18. The van der Waals surface area contributed by atoms with Crippen LogP contribution in [0.1, 0.15) is 42.6 Å². The Bertz CT molecular complexity index is 587. The zero-order valence-electron chi connectivity index (χ0n) is 13.9. The number of hydrogen-bond donors (Lipinski definition) is 0. The Morgan fingerprint density at radius 2 is 1.71 bits per heavy atom. The maximum atomic E-state index is 12.8. The molecule has 0 aliphatic carbocycles. The lowest BCUT2D eigenvalue weighted by molar-refractivity contribution is -0.181. The number of hydrogen-bond acceptors (Lipinski definition) is 6. The van der Waals surface area contributed by atoms with Crippen molar-refractivity contribution in [2.45, 2.75) is 37.9 Å². The molecule has 4 rings (SSSR count). The quantitative estimate of drug-likeness (QED) is 0.816. The maximum absolute atomic E-state index is 12.8. The Hall–Kier alpha value is -1.73. The van der Waals surface area contributed by atoms with E-state index in [1.807, 2.05) is 11.0 Å². The molecule has 3 aliphatic heterocycles. The SMILES string of the molecule is O=C(c1cc(N2CCCCC2)ncn1)N1CCC2(CC1)OCCO2. The normalized spacial score (nSPS) is 23.7. The highest BCUT2D eigenvalue weighted by Crippen LogP contribution is 2.31. The smallest absolute Gasteiger partial charge is 0.272 e. The molecule has 3 fully saturated rings. The molecule has 24 heavy (non-hydrogen) atoms. The molecule has 1 aromatic heterocycles. The van der Waals surface area contributed by atoms with E-state index in [-0.39, 0.29) is 5.91 Å². The Kier molecular flexibility index (Phi) is 4.37. The lowest BCUT2D eigenvalue weighted by Gasteiger charge is -2.37. The highest BCUT2D eigenvalue weighted by atomic mass is 16.7. The van der Waals surface area contributed by atoms with Gasteiger partial charge in [0, 0.05) is 45.1 Å². The van der Waals surface area contributed by atoms with Crippen molar-refractivity contribution in [2.75, 3.05) is 44.3 Å². The van der Waals surface area contributed by atoms with Gasteiger partial charge in [-0.1, -0.05) is 0 Å². The number of ether oxygens (including phenoxy) is 2. The first-order valence-corrected chi connectivity index (χ1v) is 8.90. The lowest BCUT2D eigenvalue weighted by atomic mass is 10.0. The Labute approximate surface area is 142 Å². The largest absolute Gasteiger partial charge is 0.357 e. The first-order valence-electron chi connectivity index (χ1n) is 8.90. The second-order valence-electron chi connectivity index (χ2n) is 6.71. The number of nitrogens with zero attached hydrogens (tertiary/aromatic N) is 4. The van der Waals surface area contributed by atoms with E-state index in [0.29, 0.717) is 32.0 Å². The molecule has 7 heteroatoms. The van der Waals surface area contributed by atoms with E-state index >= 15 is 0 Å². The van der Waals surface area contributed by atoms with Gasteiger partial charge in [-0.25, -0.2) is 9.97 Å². The Morgan fingerprint density at radius 1 is 1.00 bits per heavy atom. The fourth-order valence-electron chi connectivity index (χ4n) is 3.76. The van der Waals surface area contributed by atoms with Crippen LogP contribution in [-0.4, -0.2) is 66.0 Å². The second-order valence-corrected chi connectivity index (χ2v) is 6.71. The molecule has 0 saturated carbocycles. The van der Waals surface area contributed by atoms with Crippen LogP contribution in [0, 0.1) is 0 Å². The number of rotatable bonds is 2. The molecule has 0 N–H and O–H groups in total. The van der Waals surface area contributed by atoms with Crippen molar-refractivity contribution < 1.29 is 14.3 Å². The number of anilines is 1. The zero-order valence-corrected chi connectivity index (χ0v) is 13.9. The molecule has 0 bridgehead atoms. The molecule has 1 spiro atoms. The summed E-state index contributed by atoms with van der Waals surface area (Å²) in [6.45, 7) is 4.60. The first kappa shape index (κ1) is 15.8. The molecule has 1 aromatic rings. The van der Waals surface area contributed by atoms with Gasteiger partial charge in [-0.15, -0.1) is 0 Å². The van der Waals surface area contributed by atoms with E-state index in [0.717, 1.165) is 31.7 Å². The monoisotopic (exact) mass is 332 g/mol. The van der Waals surface area contributed by atoms with E-state index in [1.165, 1.54) is 25.6 Å². The third kappa shape index (κ3) is 3.10. The van der Waals surface area contributed by atoms with Gasteiger partial charge in [0.15, 0.2) is 5.79 Å². The third-order valence-electron chi connectivity index (χ3n) is 5.18. The van der Waals surface area contributed by atoms with Crippen LogP contribution in [0.2, 0.25) is 0 Å². The Balaban J connectivity index is 1.43. The number of aromatic nitrogens is 2. The molecule has 1 amide bonds. The van der Waals surface area contributed by atoms with Crippen LogP contribution in [0.3, 0.4) is 0 Å². The molecule has 130 valence electrons. The first-order chi connectivity index (χ1) is 11.8. The van der Waals surface area contributed by atoms with Gasteiger partial charge in [0.25, 0.3) is 5.91 Å². The van der Waals surface area contributed by atoms with Crippen molar-refractivity contribution in [3.63, 3.8) is 0 Å². The summed E-state index contributed by atoms with van der Waals surface area (Å²) < 4.78 is 11.4. The summed E-state index contributed by atoms with van der Waals surface area (Å²) >= 11 is 0. The summed E-state index contributed by atoms with van der Waals surface area (Å²) in [6.07, 6.45) is 6.59. The molecule has 0 atom stereocenters. The van der Waals surface area contributed by atoms with Gasteiger partial charge in [0.1, 0.15) is 17.8 Å². The summed E-state index contributed by atoms with van der Waals surface area (Å²) in [5, 5.41) is 0. The van der Waals surface area contributed by atoms with Crippen molar-refractivity contribution in [1.82, 2.24) is 14.9 Å². The van der Waals surface area contributed by atoms with E-state index in [4.69, 9.17) is 9.47 Å². The minimum Gasteiger partial charge on any atom is -0.357 e. The summed E-state index contributed by atoms with van der Waals surface area (Å²) in [7, 11) is 0.